The number of Topliss-reactive ketones (excluding diaryl/α,β-unsaturated/α-hetero) is 1. The van der Waals surface area contributed by atoms with Gasteiger partial charge in [0.15, 0.2) is 0 Å². The molecule has 54 valence electrons. The van der Waals surface area contributed by atoms with Gasteiger partial charge in [0.25, 0.3) is 0 Å². The first-order valence-electron chi connectivity index (χ1n) is 3.28. The van der Waals surface area contributed by atoms with Crippen LogP contribution < -0.4 is 5.73 Å². The van der Waals surface area contributed by atoms with Crippen LogP contribution in [0.2, 0.25) is 0 Å². The molecule has 2 heteroatoms. The number of hydrogen-bond donors (Lipinski definition) is 1. The van der Waals surface area contributed by atoms with Crippen molar-refractivity contribution < 1.29 is 4.79 Å². The lowest BCUT2D eigenvalue weighted by Gasteiger charge is -2.18. The molecule has 9 heavy (non-hydrogen) atoms. The maximum atomic E-state index is 11.0. The van der Waals surface area contributed by atoms with E-state index in [-0.39, 0.29) is 11.2 Å². The predicted molar refractivity (Wildman–Crippen MR) is 38.1 cm³/mol. The molecule has 0 rings (SSSR count). The topological polar surface area (TPSA) is 43.1 Å². The second-order valence-corrected chi connectivity index (χ2v) is 2.86. The maximum absolute atomic E-state index is 11.0. The van der Waals surface area contributed by atoms with Crippen molar-refractivity contribution in [3.05, 3.63) is 0 Å². The molecule has 0 saturated carbocycles. The van der Waals surface area contributed by atoms with Gasteiger partial charge in [-0.15, -0.1) is 0 Å². The van der Waals surface area contributed by atoms with Crippen LogP contribution in [0.3, 0.4) is 0 Å². The molecule has 0 aliphatic heterocycles. The van der Waals surface area contributed by atoms with Gasteiger partial charge in [-0.05, 0) is 0 Å². The fourth-order valence-corrected chi connectivity index (χ4v) is 0.592. The molecule has 0 fully saturated rings. The summed E-state index contributed by atoms with van der Waals surface area (Å²) >= 11 is 0. The number of hydrogen-bond acceptors (Lipinski definition) is 2. The Morgan fingerprint density at radius 2 is 2.00 bits per heavy atom. The van der Waals surface area contributed by atoms with Crippen molar-refractivity contribution in [1.82, 2.24) is 0 Å². The van der Waals surface area contributed by atoms with E-state index < -0.39 is 0 Å². The zero-order valence-electron chi connectivity index (χ0n) is 6.40. The molecule has 0 heterocycles. The molecule has 0 saturated heterocycles. The van der Waals surface area contributed by atoms with E-state index in [0.29, 0.717) is 13.0 Å². The van der Waals surface area contributed by atoms with Crippen molar-refractivity contribution in [1.29, 1.82) is 0 Å². The maximum Gasteiger partial charge on any atom is 0.139 e. The second kappa shape index (κ2) is 2.97. The third-order valence-electron chi connectivity index (χ3n) is 1.59. The lowest BCUT2D eigenvalue weighted by molar-refractivity contribution is -0.126. The van der Waals surface area contributed by atoms with Crippen molar-refractivity contribution in [3.63, 3.8) is 0 Å². The van der Waals surface area contributed by atoms with E-state index in [4.69, 9.17) is 5.73 Å². The molecule has 2 N–H and O–H groups in total. The van der Waals surface area contributed by atoms with Gasteiger partial charge >= 0.3 is 0 Å². The van der Waals surface area contributed by atoms with Gasteiger partial charge in [-0.2, -0.15) is 0 Å². The van der Waals surface area contributed by atoms with E-state index in [1.807, 2.05) is 20.8 Å². The molecule has 0 radical (unpaired) electrons. The summed E-state index contributed by atoms with van der Waals surface area (Å²) in [6.07, 6.45) is 0.587. The highest BCUT2D eigenvalue weighted by atomic mass is 16.1. The standard InChI is InChI=1S/C7H15NO/c1-4-6(9)7(2,3)5-8/h4-5,8H2,1-3H3. The van der Waals surface area contributed by atoms with Crippen LogP contribution in [0.1, 0.15) is 27.2 Å². The normalized spacial score (nSPS) is 11.6. The van der Waals surface area contributed by atoms with Gasteiger partial charge < -0.3 is 5.73 Å². The van der Waals surface area contributed by atoms with Crippen molar-refractivity contribution in [3.8, 4) is 0 Å². The first-order valence-corrected chi connectivity index (χ1v) is 3.28. The van der Waals surface area contributed by atoms with Crippen molar-refractivity contribution in [2.24, 2.45) is 11.1 Å². The summed E-state index contributed by atoms with van der Waals surface area (Å²) in [6.45, 7) is 6.05. The van der Waals surface area contributed by atoms with Gasteiger partial charge in [0.05, 0.1) is 0 Å². The molecule has 0 aliphatic carbocycles. The van der Waals surface area contributed by atoms with Crippen LogP contribution in [0.25, 0.3) is 0 Å². The molecule has 0 unspecified atom stereocenters. The van der Waals surface area contributed by atoms with Crippen LogP contribution in [-0.2, 0) is 4.79 Å². The van der Waals surface area contributed by atoms with Crippen LogP contribution in [0.4, 0.5) is 0 Å². The average molecular weight is 129 g/mol. The minimum atomic E-state index is -0.311. The fourth-order valence-electron chi connectivity index (χ4n) is 0.592. The number of nitrogens with two attached hydrogens (primary N) is 1. The van der Waals surface area contributed by atoms with Gasteiger partial charge in [0.2, 0.25) is 0 Å². The third kappa shape index (κ3) is 2.14. The van der Waals surface area contributed by atoms with Gasteiger partial charge in [-0.1, -0.05) is 20.8 Å². The Hall–Kier alpha value is -0.370. The molecule has 0 amide bonds. The molecular formula is C7H15NO. The van der Waals surface area contributed by atoms with Crippen molar-refractivity contribution in [2.45, 2.75) is 27.2 Å². The Bertz CT molecular complexity index is 107. The summed E-state index contributed by atoms with van der Waals surface area (Å²) < 4.78 is 0. The summed E-state index contributed by atoms with van der Waals surface area (Å²) in [5, 5.41) is 0. The Morgan fingerprint density at radius 3 is 2.11 bits per heavy atom. The molecule has 0 bridgehead atoms. The van der Waals surface area contributed by atoms with Crippen molar-refractivity contribution >= 4 is 5.78 Å². The van der Waals surface area contributed by atoms with Crippen LogP contribution >= 0.6 is 0 Å². The highest BCUT2D eigenvalue weighted by Crippen LogP contribution is 2.15. The zero-order valence-corrected chi connectivity index (χ0v) is 6.40. The van der Waals surface area contributed by atoms with Crippen LogP contribution in [0.5, 0.6) is 0 Å². The van der Waals surface area contributed by atoms with Gasteiger partial charge in [-0.3, -0.25) is 4.79 Å². The highest BCUT2D eigenvalue weighted by molar-refractivity contribution is 5.83. The average Bonchev–Trinajstić information content (AvgIpc) is 1.86. The quantitative estimate of drug-likeness (QED) is 0.616. The summed E-state index contributed by atoms with van der Waals surface area (Å²) in [5.41, 5.74) is 5.05. The van der Waals surface area contributed by atoms with Gasteiger partial charge in [-0.25, -0.2) is 0 Å². The first kappa shape index (κ1) is 8.63. The largest absolute Gasteiger partial charge is 0.329 e. The molecule has 0 aromatic rings. The molecular weight excluding hydrogens is 114 g/mol. The minimum Gasteiger partial charge on any atom is -0.329 e. The Kier molecular flexibility index (Phi) is 2.85. The molecule has 0 aromatic carbocycles. The molecule has 0 aliphatic rings. The Morgan fingerprint density at radius 1 is 1.56 bits per heavy atom. The van der Waals surface area contributed by atoms with Crippen LogP contribution in [0, 0.1) is 5.41 Å². The van der Waals surface area contributed by atoms with E-state index in [0.717, 1.165) is 0 Å². The summed E-state index contributed by atoms with van der Waals surface area (Å²) in [7, 11) is 0. The van der Waals surface area contributed by atoms with E-state index in [9.17, 15) is 4.79 Å². The SMILES string of the molecule is CCC(=O)C(C)(C)CN. The molecule has 0 aromatic heterocycles. The summed E-state index contributed by atoms with van der Waals surface area (Å²) in [6, 6.07) is 0. The summed E-state index contributed by atoms with van der Waals surface area (Å²) in [4.78, 5) is 11.0. The minimum absolute atomic E-state index is 0.241. The van der Waals surface area contributed by atoms with Crippen LogP contribution in [0.15, 0.2) is 0 Å². The number of carbonyl (C=O) groups excluding carboxylic acids is 1. The Balaban J connectivity index is 3.97. The second-order valence-electron chi connectivity index (χ2n) is 2.86. The van der Waals surface area contributed by atoms with Crippen molar-refractivity contribution in [2.75, 3.05) is 6.54 Å². The summed E-state index contributed by atoms with van der Waals surface area (Å²) in [5.74, 6) is 0.241. The predicted octanol–water partition coefficient (Wildman–Crippen LogP) is 0.950. The molecule has 0 atom stereocenters. The lowest BCUT2D eigenvalue weighted by Crippen LogP contribution is -2.31. The number of ketones is 1. The van der Waals surface area contributed by atoms with E-state index in [2.05, 4.69) is 0 Å². The smallest absolute Gasteiger partial charge is 0.139 e. The highest BCUT2D eigenvalue weighted by Gasteiger charge is 2.22. The molecule has 0 spiro atoms. The third-order valence-corrected chi connectivity index (χ3v) is 1.59. The number of rotatable bonds is 3. The lowest BCUT2D eigenvalue weighted by atomic mass is 9.87. The van der Waals surface area contributed by atoms with Crippen LogP contribution in [-0.4, -0.2) is 12.3 Å². The van der Waals surface area contributed by atoms with E-state index in [1.165, 1.54) is 0 Å². The van der Waals surface area contributed by atoms with Gasteiger partial charge in [0, 0.05) is 18.4 Å². The fraction of sp³-hybridized carbons (Fsp3) is 0.857. The van der Waals surface area contributed by atoms with E-state index in [1.54, 1.807) is 0 Å². The molecule has 2 nitrogen and oxygen atoms in total. The van der Waals surface area contributed by atoms with Gasteiger partial charge in [0.1, 0.15) is 5.78 Å². The Labute approximate surface area is 56.4 Å². The van der Waals surface area contributed by atoms with E-state index >= 15 is 0 Å². The zero-order chi connectivity index (χ0) is 7.49. The first-order chi connectivity index (χ1) is 4.04. The number of carbonyl (C=O) groups is 1. The monoisotopic (exact) mass is 129 g/mol.